The molecule has 1 saturated heterocycles. The molecule has 10 heteroatoms. The van der Waals surface area contributed by atoms with Crippen LogP contribution < -0.4 is 10.2 Å². The van der Waals surface area contributed by atoms with Gasteiger partial charge in [-0.1, -0.05) is 51.5 Å². The average molecular weight is 611 g/mol. The number of likely N-dealkylation sites (tertiary alicyclic amines) is 1. The lowest BCUT2D eigenvalue weighted by Gasteiger charge is -2.43. The maximum Gasteiger partial charge on any atom is 0.305 e. The zero-order valence-electron chi connectivity index (χ0n) is 20.3. The second kappa shape index (κ2) is 8.93. The predicted molar refractivity (Wildman–Crippen MR) is 149 cm³/mol. The zero-order chi connectivity index (χ0) is 26.3. The van der Waals surface area contributed by atoms with Crippen LogP contribution in [0.5, 0.6) is 0 Å². The third kappa shape index (κ3) is 3.67. The van der Waals surface area contributed by atoms with E-state index in [0.717, 1.165) is 31.9 Å². The van der Waals surface area contributed by atoms with E-state index in [1.54, 1.807) is 17.8 Å². The molecule has 2 aliphatic carbocycles. The first-order valence-electron chi connectivity index (χ1n) is 12.7. The van der Waals surface area contributed by atoms with Gasteiger partial charge < -0.3 is 10.3 Å². The van der Waals surface area contributed by atoms with Gasteiger partial charge in [-0.05, 0) is 66.5 Å². The Labute approximate surface area is 235 Å². The molecule has 3 fully saturated rings. The van der Waals surface area contributed by atoms with Crippen molar-refractivity contribution in [3.05, 3.63) is 78.7 Å². The number of fused-ring (bicyclic) bond motifs is 9. The number of nitrogens with zero attached hydrogens (tertiary/aromatic N) is 1. The predicted octanol–water partition coefficient (Wildman–Crippen LogP) is 4.62. The number of aromatic nitrogens is 1. The molecule has 2 aliphatic heterocycles. The summed E-state index contributed by atoms with van der Waals surface area (Å²) in [5, 5.41) is 3.84. The van der Waals surface area contributed by atoms with Gasteiger partial charge in [-0.3, -0.25) is 24.1 Å². The van der Waals surface area contributed by atoms with Crippen LogP contribution in [0, 0.1) is 36.5 Å². The van der Waals surface area contributed by atoms with Crippen molar-refractivity contribution in [3.63, 3.8) is 0 Å². The maximum atomic E-state index is 13.7. The highest BCUT2D eigenvalue weighted by Gasteiger charge is 2.69. The van der Waals surface area contributed by atoms with Crippen molar-refractivity contribution >= 4 is 62.4 Å². The molecule has 3 aromatic rings. The van der Waals surface area contributed by atoms with E-state index >= 15 is 0 Å². The van der Waals surface area contributed by atoms with Crippen LogP contribution in [0.3, 0.4) is 0 Å². The van der Waals surface area contributed by atoms with Crippen LogP contribution in [-0.4, -0.2) is 39.4 Å². The van der Waals surface area contributed by atoms with Gasteiger partial charge in [0.1, 0.15) is 6.54 Å². The summed E-state index contributed by atoms with van der Waals surface area (Å²) in [6, 6.07) is 15.6. The molecule has 38 heavy (non-hydrogen) atoms. The summed E-state index contributed by atoms with van der Waals surface area (Å²) in [6.07, 6.45) is 0.822. The number of thioether (sulfide) groups is 1. The molecule has 2 saturated carbocycles. The Morgan fingerprint density at radius 2 is 1.84 bits per heavy atom. The molecule has 2 aromatic carbocycles. The highest BCUT2D eigenvalue weighted by Crippen LogP contribution is 2.68. The number of rotatable bonds is 4. The number of aromatic amines is 1. The average Bonchev–Trinajstić information content (AvgIpc) is 3.60. The van der Waals surface area contributed by atoms with Crippen molar-refractivity contribution in [2.24, 2.45) is 29.6 Å². The van der Waals surface area contributed by atoms with E-state index in [1.165, 1.54) is 16.2 Å². The lowest BCUT2D eigenvalue weighted by Crippen LogP contribution is -2.42. The van der Waals surface area contributed by atoms with Crippen molar-refractivity contribution in [3.8, 4) is 0 Å². The summed E-state index contributed by atoms with van der Waals surface area (Å²) in [4.78, 5) is 57.7. The molecule has 3 amide bonds. The van der Waals surface area contributed by atoms with E-state index in [9.17, 15) is 19.2 Å². The molecule has 2 N–H and O–H groups in total. The summed E-state index contributed by atoms with van der Waals surface area (Å²) in [6.45, 7) is 1.67. The first kappa shape index (κ1) is 24.4. The topological polar surface area (TPSA) is 99.3 Å². The number of hydrogen-bond acceptors (Lipinski definition) is 6. The van der Waals surface area contributed by atoms with Crippen LogP contribution in [0.25, 0.3) is 0 Å². The Kier molecular flexibility index (Phi) is 5.72. The summed E-state index contributed by atoms with van der Waals surface area (Å²) in [5.41, 5.74) is 2.77. The SMILES string of the molecule is Cc1cccc(NC(=O)CN2C(=O)C3C4CC(C3C2=O)C2C4Sc3[nH]c(=O)sc3[C@@H]2c2cccc(Br)c2)c1. The monoisotopic (exact) mass is 609 g/mol. The van der Waals surface area contributed by atoms with Gasteiger partial charge in [0.15, 0.2) is 0 Å². The van der Waals surface area contributed by atoms with Crippen LogP contribution in [0.4, 0.5) is 5.69 Å². The summed E-state index contributed by atoms with van der Waals surface area (Å²) < 4.78 is 0.966. The second-order valence-electron chi connectivity index (χ2n) is 10.7. The van der Waals surface area contributed by atoms with Crippen LogP contribution in [0.15, 0.2) is 62.8 Å². The van der Waals surface area contributed by atoms with Crippen LogP contribution in [0.2, 0.25) is 0 Å². The van der Waals surface area contributed by atoms with Crippen molar-refractivity contribution in [2.75, 3.05) is 11.9 Å². The fourth-order valence-electron chi connectivity index (χ4n) is 7.37. The first-order chi connectivity index (χ1) is 18.3. The van der Waals surface area contributed by atoms with Crippen molar-refractivity contribution in [1.82, 2.24) is 9.88 Å². The Bertz CT molecular complexity index is 1570. The standard InChI is InChI=1S/C28H24BrN3O4S2/c1-12-4-2-7-15(8-12)30-18(33)11-32-26(34)21-16-10-17(22(21)27(32)35)23-20(16)19(13-5-3-6-14(29)9-13)24-25(37-23)31-28(36)38-24/h2-9,16-17,19-23H,10-11H2,1H3,(H,30,33)(H,31,36)/t16?,17?,19-,20?,21?,22?,23?/m1/s1. The summed E-state index contributed by atoms with van der Waals surface area (Å²) >= 11 is 6.51. The minimum absolute atomic E-state index is 0.0183. The molecule has 194 valence electrons. The number of thiazole rings is 1. The lowest BCUT2D eigenvalue weighted by atomic mass is 9.68. The number of benzene rings is 2. The number of imide groups is 1. The third-order valence-electron chi connectivity index (χ3n) is 8.63. The number of halogens is 1. The zero-order valence-corrected chi connectivity index (χ0v) is 23.6. The fraction of sp³-hybridized carbons (Fsp3) is 0.357. The second-order valence-corrected chi connectivity index (χ2v) is 13.8. The third-order valence-corrected chi connectivity index (χ3v) is 11.7. The maximum absolute atomic E-state index is 13.7. The molecular formula is C28H24BrN3O4S2. The smallest absolute Gasteiger partial charge is 0.305 e. The van der Waals surface area contributed by atoms with Gasteiger partial charge in [0.2, 0.25) is 17.7 Å². The molecule has 7 nitrogen and oxygen atoms in total. The minimum atomic E-state index is -0.409. The van der Waals surface area contributed by atoms with Crippen molar-refractivity contribution in [2.45, 2.75) is 29.5 Å². The summed E-state index contributed by atoms with van der Waals surface area (Å²) in [5.74, 6) is -1.46. The van der Waals surface area contributed by atoms with E-state index in [-0.39, 0.29) is 58.1 Å². The molecule has 2 bridgehead atoms. The number of H-pyrrole nitrogens is 1. The summed E-state index contributed by atoms with van der Waals surface area (Å²) in [7, 11) is 0. The van der Waals surface area contributed by atoms with E-state index in [4.69, 9.17) is 0 Å². The van der Waals surface area contributed by atoms with Gasteiger partial charge in [0.25, 0.3) is 0 Å². The molecule has 1 aromatic heterocycles. The van der Waals surface area contributed by atoms with Crippen LogP contribution >= 0.6 is 39.0 Å². The van der Waals surface area contributed by atoms with Crippen molar-refractivity contribution < 1.29 is 14.4 Å². The Morgan fingerprint density at radius 3 is 2.61 bits per heavy atom. The van der Waals surface area contributed by atoms with Gasteiger partial charge >= 0.3 is 4.87 Å². The van der Waals surface area contributed by atoms with Crippen LogP contribution in [-0.2, 0) is 14.4 Å². The number of nitrogens with one attached hydrogen (secondary N) is 2. The number of anilines is 1. The fourth-order valence-corrected chi connectivity index (χ4v) is 10.7. The highest BCUT2D eigenvalue weighted by atomic mass is 79.9. The van der Waals surface area contributed by atoms with E-state index < -0.39 is 11.8 Å². The van der Waals surface area contributed by atoms with Gasteiger partial charge in [0, 0.05) is 26.2 Å². The van der Waals surface area contributed by atoms with E-state index in [1.807, 2.05) is 37.3 Å². The van der Waals surface area contributed by atoms with E-state index in [0.29, 0.717) is 5.69 Å². The minimum Gasteiger partial charge on any atom is -0.325 e. The molecule has 0 radical (unpaired) electrons. The molecule has 7 atom stereocenters. The molecule has 7 rings (SSSR count). The number of carbonyl (C=O) groups excluding carboxylic acids is 3. The molecule has 3 heterocycles. The number of carbonyl (C=O) groups is 3. The Hall–Kier alpha value is -2.69. The Morgan fingerprint density at radius 1 is 1.08 bits per heavy atom. The molecular weight excluding hydrogens is 586 g/mol. The number of hydrogen-bond donors (Lipinski definition) is 2. The van der Waals surface area contributed by atoms with Gasteiger partial charge in [-0.25, -0.2) is 0 Å². The quantitative estimate of drug-likeness (QED) is 0.421. The molecule has 4 aliphatic rings. The normalized spacial score (nSPS) is 30.8. The van der Waals surface area contributed by atoms with Crippen molar-refractivity contribution in [1.29, 1.82) is 0 Å². The van der Waals surface area contributed by atoms with Gasteiger partial charge in [0.05, 0.1) is 16.9 Å². The number of amides is 3. The van der Waals surface area contributed by atoms with Crippen LogP contribution in [0.1, 0.15) is 28.3 Å². The lowest BCUT2D eigenvalue weighted by molar-refractivity contribution is -0.143. The number of aryl methyl sites for hydroxylation is 1. The van der Waals surface area contributed by atoms with Gasteiger partial charge in [-0.15, -0.1) is 11.8 Å². The largest absolute Gasteiger partial charge is 0.325 e. The Balaban J connectivity index is 1.20. The van der Waals surface area contributed by atoms with E-state index in [2.05, 4.69) is 38.4 Å². The molecule has 0 spiro atoms. The molecule has 6 unspecified atom stereocenters. The highest BCUT2D eigenvalue weighted by molar-refractivity contribution is 9.10. The van der Waals surface area contributed by atoms with Gasteiger partial charge in [-0.2, -0.15) is 0 Å². The first-order valence-corrected chi connectivity index (χ1v) is 15.2.